The van der Waals surface area contributed by atoms with Gasteiger partial charge in [-0.1, -0.05) is 91.0 Å². The number of imide groups is 1. The molecule has 0 aliphatic heterocycles. The minimum atomic E-state index is -2.78. The summed E-state index contributed by atoms with van der Waals surface area (Å²) in [6.45, 7) is 6.94. The average Bonchev–Trinajstić information content (AvgIpc) is 2.83. The van der Waals surface area contributed by atoms with Gasteiger partial charge in [-0.2, -0.15) is 0 Å². The molecular formula is C26H31N2O5P. The van der Waals surface area contributed by atoms with E-state index in [1.807, 2.05) is 91.0 Å². The summed E-state index contributed by atoms with van der Waals surface area (Å²) in [6, 6.07) is 28.8. The molecule has 0 aliphatic carbocycles. The Morgan fingerprint density at radius 3 is 1.06 bits per heavy atom. The predicted molar refractivity (Wildman–Crippen MR) is 136 cm³/mol. The van der Waals surface area contributed by atoms with E-state index >= 15 is 0 Å². The molecule has 0 aliphatic rings. The van der Waals surface area contributed by atoms with Crippen LogP contribution in [0.1, 0.15) is 27.7 Å². The maximum atomic E-state index is 13.8. The van der Waals surface area contributed by atoms with E-state index in [9.17, 15) is 14.2 Å². The van der Waals surface area contributed by atoms with Gasteiger partial charge in [0.05, 0.1) is 0 Å². The van der Waals surface area contributed by atoms with E-state index in [4.69, 9.17) is 10.2 Å². The zero-order valence-corrected chi connectivity index (χ0v) is 20.7. The fourth-order valence-electron chi connectivity index (χ4n) is 3.70. The van der Waals surface area contributed by atoms with Gasteiger partial charge in [0.1, 0.15) is 0 Å². The van der Waals surface area contributed by atoms with Crippen molar-refractivity contribution in [2.45, 2.75) is 39.8 Å². The first-order valence-electron chi connectivity index (χ1n) is 10.9. The van der Waals surface area contributed by atoms with Gasteiger partial charge in [0.25, 0.3) is 0 Å². The van der Waals surface area contributed by atoms with E-state index in [0.29, 0.717) is 5.01 Å². The number of hydrazine groups is 1. The van der Waals surface area contributed by atoms with E-state index in [0.717, 1.165) is 15.9 Å². The molecule has 0 saturated carbocycles. The van der Waals surface area contributed by atoms with Gasteiger partial charge in [-0.05, 0) is 27.7 Å². The van der Waals surface area contributed by atoms with Crippen LogP contribution in [0.15, 0.2) is 91.0 Å². The van der Waals surface area contributed by atoms with Crippen LogP contribution in [-0.4, -0.2) is 44.5 Å². The second kappa shape index (κ2) is 12.2. The molecule has 8 heteroatoms. The van der Waals surface area contributed by atoms with Gasteiger partial charge >= 0.3 is 12.2 Å². The van der Waals surface area contributed by atoms with Crippen LogP contribution in [0, 0.1) is 0 Å². The van der Waals surface area contributed by atoms with Crippen molar-refractivity contribution in [2.24, 2.45) is 0 Å². The molecule has 2 amide bonds. The molecule has 0 radical (unpaired) electrons. The number of amides is 2. The van der Waals surface area contributed by atoms with Crippen LogP contribution < -0.4 is 15.9 Å². The van der Waals surface area contributed by atoms with Crippen LogP contribution in [0.3, 0.4) is 0 Å². The third kappa shape index (κ3) is 6.34. The molecular weight excluding hydrogens is 451 g/mol. The summed E-state index contributed by atoms with van der Waals surface area (Å²) < 4.78 is 13.8. The highest BCUT2D eigenvalue weighted by molar-refractivity contribution is 7.85. The summed E-state index contributed by atoms with van der Waals surface area (Å²) in [5, 5.41) is 21.6. The van der Waals surface area contributed by atoms with Gasteiger partial charge < -0.3 is 14.8 Å². The molecule has 3 aromatic carbocycles. The highest BCUT2D eigenvalue weighted by atomic mass is 31.2. The van der Waals surface area contributed by atoms with Crippen molar-refractivity contribution >= 4 is 35.2 Å². The number of hydrogen-bond donors (Lipinski definition) is 2. The average molecular weight is 483 g/mol. The van der Waals surface area contributed by atoms with Gasteiger partial charge in [-0.3, -0.25) is 0 Å². The van der Waals surface area contributed by atoms with Gasteiger partial charge in [-0.25, -0.2) is 14.6 Å². The van der Waals surface area contributed by atoms with Crippen LogP contribution in [-0.2, 0) is 4.57 Å². The van der Waals surface area contributed by atoms with E-state index in [2.05, 4.69) is 0 Å². The number of carbonyl (C=O) groups is 2. The van der Waals surface area contributed by atoms with Crippen molar-refractivity contribution in [3.8, 4) is 0 Å². The molecule has 0 fully saturated rings. The van der Waals surface area contributed by atoms with Crippen molar-refractivity contribution in [3.05, 3.63) is 91.0 Å². The van der Waals surface area contributed by atoms with Gasteiger partial charge in [0.15, 0.2) is 7.14 Å². The van der Waals surface area contributed by atoms with Crippen LogP contribution in [0.2, 0.25) is 0 Å². The molecule has 0 spiro atoms. The number of carboxylic acid groups (broad SMARTS) is 2. The summed E-state index contributed by atoms with van der Waals surface area (Å²) in [5.41, 5.74) is 0. The van der Waals surface area contributed by atoms with Crippen LogP contribution in [0.5, 0.6) is 0 Å². The Labute approximate surface area is 200 Å². The normalized spacial score (nSPS) is 11.1. The molecule has 3 rings (SSSR count). The largest absolute Gasteiger partial charge is 0.464 e. The molecule has 7 nitrogen and oxygen atoms in total. The first kappa shape index (κ1) is 26.8. The molecule has 0 bridgehead atoms. The molecule has 180 valence electrons. The monoisotopic (exact) mass is 482 g/mol. The lowest BCUT2D eigenvalue weighted by Gasteiger charge is -2.35. The Morgan fingerprint density at radius 2 is 0.882 bits per heavy atom. The SMILES string of the molecule is CC(C)N(C(C)C)N(C(=O)O)C(=O)O.O=P(c1ccccc1)(c1ccccc1)c1ccccc1. The number of hydrogen-bond acceptors (Lipinski definition) is 4. The molecule has 0 saturated heterocycles. The lowest BCUT2D eigenvalue weighted by Crippen LogP contribution is -2.55. The minimum absolute atomic E-state index is 0.192. The number of rotatable bonds is 6. The van der Waals surface area contributed by atoms with Crippen LogP contribution >= 0.6 is 7.14 Å². The Balaban J connectivity index is 0.000000259. The van der Waals surface area contributed by atoms with E-state index in [1.54, 1.807) is 27.7 Å². The lowest BCUT2D eigenvalue weighted by molar-refractivity contribution is -0.0393. The first-order valence-corrected chi connectivity index (χ1v) is 12.6. The quantitative estimate of drug-likeness (QED) is 0.379. The van der Waals surface area contributed by atoms with Crippen molar-refractivity contribution in [1.29, 1.82) is 0 Å². The topological polar surface area (TPSA) is 98.2 Å². The van der Waals surface area contributed by atoms with Gasteiger partial charge in [-0.15, -0.1) is 5.01 Å². The van der Waals surface area contributed by atoms with E-state index in [1.165, 1.54) is 5.01 Å². The lowest BCUT2D eigenvalue weighted by atomic mass is 10.3. The van der Waals surface area contributed by atoms with E-state index in [-0.39, 0.29) is 12.1 Å². The van der Waals surface area contributed by atoms with Crippen LogP contribution in [0.25, 0.3) is 0 Å². The number of benzene rings is 3. The molecule has 0 atom stereocenters. The smallest absolute Gasteiger partial charge is 0.432 e. The van der Waals surface area contributed by atoms with Crippen molar-refractivity contribution in [1.82, 2.24) is 10.0 Å². The third-order valence-electron chi connectivity index (χ3n) is 5.01. The molecule has 0 heterocycles. The predicted octanol–water partition coefficient (Wildman–Crippen LogP) is 5.00. The maximum absolute atomic E-state index is 13.8. The molecule has 2 N–H and O–H groups in total. The summed E-state index contributed by atoms with van der Waals surface area (Å²) >= 11 is 0. The Kier molecular flexibility index (Phi) is 9.60. The molecule has 0 unspecified atom stereocenters. The second-order valence-corrected chi connectivity index (χ2v) is 10.8. The summed E-state index contributed by atoms with van der Waals surface area (Å²) in [6.07, 6.45) is -2.97. The Bertz CT molecular complexity index is 980. The Hall–Kier alpha value is -3.41. The van der Waals surface area contributed by atoms with Crippen molar-refractivity contribution < 1.29 is 24.4 Å². The minimum Gasteiger partial charge on any atom is -0.464 e. The zero-order valence-electron chi connectivity index (χ0n) is 19.8. The fourth-order valence-corrected chi connectivity index (χ4v) is 6.37. The molecule has 34 heavy (non-hydrogen) atoms. The highest BCUT2D eigenvalue weighted by Crippen LogP contribution is 2.41. The third-order valence-corrected chi connectivity index (χ3v) is 8.09. The second-order valence-electron chi connectivity index (χ2n) is 8.06. The van der Waals surface area contributed by atoms with Gasteiger partial charge in [0, 0.05) is 28.0 Å². The molecule has 3 aromatic rings. The first-order chi connectivity index (χ1) is 16.1. The fraction of sp³-hybridized carbons (Fsp3) is 0.231. The Morgan fingerprint density at radius 1 is 0.618 bits per heavy atom. The summed E-state index contributed by atoms with van der Waals surface area (Å²) in [4.78, 5) is 21.4. The van der Waals surface area contributed by atoms with Gasteiger partial charge in [0.2, 0.25) is 0 Å². The standard InChI is InChI=1S/C18H15OP.C8H16N2O4/c19-20(16-10-4-1-5-11-16,17-12-6-2-7-13-17)18-14-8-3-9-15-18;1-5(2)9(6(3)4)10(7(11)12)8(13)14/h1-15H;5-6H,1-4H3,(H,11,12)(H,13,14). The zero-order chi connectivity index (χ0) is 25.3. The summed E-state index contributed by atoms with van der Waals surface area (Å²) in [5.74, 6) is 0. The molecule has 0 aromatic heterocycles. The number of nitrogens with zero attached hydrogens (tertiary/aromatic N) is 2. The van der Waals surface area contributed by atoms with E-state index < -0.39 is 19.3 Å². The summed E-state index contributed by atoms with van der Waals surface area (Å²) in [7, 11) is -2.78. The highest BCUT2D eigenvalue weighted by Gasteiger charge is 2.31. The van der Waals surface area contributed by atoms with Crippen molar-refractivity contribution in [3.63, 3.8) is 0 Å². The maximum Gasteiger partial charge on any atom is 0.432 e. The van der Waals surface area contributed by atoms with Crippen molar-refractivity contribution in [2.75, 3.05) is 0 Å². The van der Waals surface area contributed by atoms with Crippen LogP contribution in [0.4, 0.5) is 9.59 Å².